The number of amides is 1. The van der Waals surface area contributed by atoms with Crippen LogP contribution in [0.4, 0.5) is 0 Å². The Kier molecular flexibility index (Phi) is 5.93. The first-order valence-corrected chi connectivity index (χ1v) is 5.16. The zero-order chi connectivity index (χ0) is 12.0. The normalized spacial score (nSPS) is 14.7. The molecule has 0 aromatic carbocycles. The molecule has 0 spiro atoms. The van der Waals surface area contributed by atoms with Crippen molar-refractivity contribution < 1.29 is 14.7 Å². The van der Waals surface area contributed by atoms with Gasteiger partial charge < -0.3 is 16.2 Å². The Morgan fingerprint density at radius 1 is 1.40 bits per heavy atom. The van der Waals surface area contributed by atoms with Gasteiger partial charge in [0.1, 0.15) is 6.04 Å². The second-order valence-electron chi connectivity index (χ2n) is 4.00. The first-order chi connectivity index (χ1) is 6.88. The van der Waals surface area contributed by atoms with Crippen molar-refractivity contribution in [1.82, 2.24) is 5.32 Å². The zero-order valence-corrected chi connectivity index (χ0v) is 9.49. The lowest BCUT2D eigenvalue weighted by Gasteiger charge is -2.18. The quantitative estimate of drug-likeness (QED) is 0.597. The van der Waals surface area contributed by atoms with E-state index in [-0.39, 0.29) is 24.3 Å². The summed E-state index contributed by atoms with van der Waals surface area (Å²) in [7, 11) is 0. The van der Waals surface area contributed by atoms with Crippen molar-refractivity contribution in [3.8, 4) is 0 Å². The van der Waals surface area contributed by atoms with Crippen LogP contribution in [0.5, 0.6) is 0 Å². The fourth-order valence-corrected chi connectivity index (χ4v) is 1.13. The number of aliphatic carboxylic acids is 1. The van der Waals surface area contributed by atoms with Gasteiger partial charge in [0.2, 0.25) is 5.91 Å². The van der Waals surface area contributed by atoms with Crippen LogP contribution in [0.1, 0.15) is 33.6 Å². The molecule has 0 saturated heterocycles. The summed E-state index contributed by atoms with van der Waals surface area (Å²) in [6.07, 6.45) is 0.875. The van der Waals surface area contributed by atoms with Gasteiger partial charge >= 0.3 is 5.97 Å². The Balaban J connectivity index is 4.18. The molecule has 5 heteroatoms. The van der Waals surface area contributed by atoms with E-state index in [0.717, 1.165) is 0 Å². The van der Waals surface area contributed by atoms with Gasteiger partial charge in [0.15, 0.2) is 0 Å². The lowest BCUT2D eigenvalue weighted by Crippen LogP contribution is -2.45. The van der Waals surface area contributed by atoms with E-state index in [1.165, 1.54) is 0 Å². The first-order valence-electron chi connectivity index (χ1n) is 5.16. The van der Waals surface area contributed by atoms with Crippen LogP contribution in [-0.4, -0.2) is 29.1 Å². The third kappa shape index (κ3) is 5.37. The maximum atomic E-state index is 11.4. The molecule has 0 saturated carbocycles. The van der Waals surface area contributed by atoms with E-state index in [9.17, 15) is 9.59 Å². The number of nitrogens with two attached hydrogens (primary N) is 1. The minimum absolute atomic E-state index is 0.135. The first kappa shape index (κ1) is 13.9. The Morgan fingerprint density at radius 3 is 2.27 bits per heavy atom. The maximum Gasteiger partial charge on any atom is 0.326 e. The average Bonchev–Trinajstić information content (AvgIpc) is 2.12. The number of carbonyl (C=O) groups excluding carboxylic acids is 1. The van der Waals surface area contributed by atoms with Gasteiger partial charge in [-0.25, -0.2) is 4.79 Å². The van der Waals surface area contributed by atoms with Crippen molar-refractivity contribution in [2.24, 2.45) is 11.7 Å². The lowest BCUT2D eigenvalue weighted by atomic mass is 10.0. The van der Waals surface area contributed by atoms with Crippen molar-refractivity contribution in [2.45, 2.75) is 45.7 Å². The molecule has 2 atom stereocenters. The highest BCUT2D eigenvalue weighted by molar-refractivity contribution is 5.83. The smallest absolute Gasteiger partial charge is 0.326 e. The Morgan fingerprint density at radius 2 is 1.93 bits per heavy atom. The SMILES string of the molecule is CCC(N)CC(=O)N[C@@H](C(=O)O)C(C)C. The van der Waals surface area contributed by atoms with Gasteiger partial charge in [0, 0.05) is 12.5 Å². The van der Waals surface area contributed by atoms with Crippen molar-refractivity contribution >= 4 is 11.9 Å². The summed E-state index contributed by atoms with van der Waals surface area (Å²) in [5, 5.41) is 11.3. The summed E-state index contributed by atoms with van der Waals surface area (Å²) in [5.74, 6) is -1.45. The van der Waals surface area contributed by atoms with Crippen molar-refractivity contribution in [1.29, 1.82) is 0 Å². The van der Waals surface area contributed by atoms with E-state index < -0.39 is 12.0 Å². The van der Waals surface area contributed by atoms with Gasteiger partial charge in [-0.15, -0.1) is 0 Å². The van der Waals surface area contributed by atoms with Crippen LogP contribution in [-0.2, 0) is 9.59 Å². The average molecular weight is 216 g/mol. The van der Waals surface area contributed by atoms with Gasteiger partial charge in [-0.2, -0.15) is 0 Å². The van der Waals surface area contributed by atoms with E-state index in [1.54, 1.807) is 13.8 Å². The van der Waals surface area contributed by atoms with Gasteiger partial charge in [0.05, 0.1) is 0 Å². The standard InChI is InChI=1S/C10H20N2O3/c1-4-7(11)5-8(13)12-9(6(2)3)10(14)15/h6-7,9H,4-5,11H2,1-3H3,(H,12,13)(H,14,15)/t7?,9-/m1/s1. The second-order valence-corrected chi connectivity index (χ2v) is 4.00. The topological polar surface area (TPSA) is 92.4 Å². The molecule has 0 aliphatic heterocycles. The van der Waals surface area contributed by atoms with E-state index in [2.05, 4.69) is 5.32 Å². The van der Waals surface area contributed by atoms with Crippen LogP contribution in [0.2, 0.25) is 0 Å². The van der Waals surface area contributed by atoms with E-state index in [4.69, 9.17) is 10.8 Å². The molecular formula is C10H20N2O3. The van der Waals surface area contributed by atoms with Gasteiger partial charge in [-0.3, -0.25) is 4.79 Å². The minimum atomic E-state index is -1.01. The molecule has 1 unspecified atom stereocenters. The number of hydrogen-bond donors (Lipinski definition) is 3. The molecule has 5 nitrogen and oxygen atoms in total. The van der Waals surface area contributed by atoms with Crippen molar-refractivity contribution in [3.05, 3.63) is 0 Å². The monoisotopic (exact) mass is 216 g/mol. The van der Waals surface area contributed by atoms with Crippen LogP contribution in [0.25, 0.3) is 0 Å². The molecule has 0 rings (SSSR count). The predicted molar refractivity (Wildman–Crippen MR) is 57.3 cm³/mol. The molecule has 1 amide bonds. The molecule has 0 heterocycles. The fraction of sp³-hybridized carbons (Fsp3) is 0.800. The van der Waals surface area contributed by atoms with Crippen LogP contribution < -0.4 is 11.1 Å². The van der Waals surface area contributed by atoms with Gasteiger partial charge in [-0.1, -0.05) is 20.8 Å². The van der Waals surface area contributed by atoms with Crippen LogP contribution in [0.15, 0.2) is 0 Å². The van der Waals surface area contributed by atoms with Crippen molar-refractivity contribution in [3.63, 3.8) is 0 Å². The van der Waals surface area contributed by atoms with Crippen LogP contribution in [0, 0.1) is 5.92 Å². The molecule has 88 valence electrons. The molecule has 0 bridgehead atoms. The highest BCUT2D eigenvalue weighted by Crippen LogP contribution is 2.03. The summed E-state index contributed by atoms with van der Waals surface area (Å²) >= 11 is 0. The Hall–Kier alpha value is -1.10. The summed E-state index contributed by atoms with van der Waals surface area (Å²) in [4.78, 5) is 22.2. The molecule has 0 aliphatic carbocycles. The highest BCUT2D eigenvalue weighted by atomic mass is 16.4. The summed E-state index contributed by atoms with van der Waals surface area (Å²) in [6.45, 7) is 5.38. The predicted octanol–water partition coefficient (Wildman–Crippen LogP) is 0.339. The Labute approximate surface area is 90.0 Å². The maximum absolute atomic E-state index is 11.4. The molecule has 0 radical (unpaired) electrons. The van der Waals surface area contributed by atoms with E-state index >= 15 is 0 Å². The zero-order valence-electron chi connectivity index (χ0n) is 9.49. The largest absolute Gasteiger partial charge is 0.480 e. The Bertz CT molecular complexity index is 229. The van der Waals surface area contributed by atoms with E-state index in [0.29, 0.717) is 6.42 Å². The molecule has 4 N–H and O–H groups in total. The van der Waals surface area contributed by atoms with Crippen molar-refractivity contribution in [2.75, 3.05) is 0 Å². The molecule has 15 heavy (non-hydrogen) atoms. The van der Waals surface area contributed by atoms with E-state index in [1.807, 2.05) is 6.92 Å². The van der Waals surface area contributed by atoms with Crippen LogP contribution in [0.3, 0.4) is 0 Å². The summed E-state index contributed by atoms with van der Waals surface area (Å²) in [5.41, 5.74) is 5.59. The fourth-order valence-electron chi connectivity index (χ4n) is 1.13. The number of rotatable bonds is 6. The highest BCUT2D eigenvalue weighted by Gasteiger charge is 2.23. The molecule has 0 fully saturated rings. The third-order valence-corrected chi connectivity index (χ3v) is 2.22. The third-order valence-electron chi connectivity index (χ3n) is 2.22. The number of carbonyl (C=O) groups is 2. The second kappa shape index (κ2) is 6.40. The van der Waals surface area contributed by atoms with Crippen LogP contribution >= 0.6 is 0 Å². The van der Waals surface area contributed by atoms with Gasteiger partial charge in [0.25, 0.3) is 0 Å². The number of carboxylic acids is 1. The lowest BCUT2D eigenvalue weighted by molar-refractivity contribution is -0.143. The minimum Gasteiger partial charge on any atom is -0.480 e. The van der Waals surface area contributed by atoms with Gasteiger partial charge in [-0.05, 0) is 12.3 Å². The summed E-state index contributed by atoms with van der Waals surface area (Å²) in [6, 6.07) is -1.03. The molecule has 0 aliphatic rings. The molecule has 0 aromatic heterocycles. The number of nitrogens with one attached hydrogen (secondary N) is 1. The molecular weight excluding hydrogens is 196 g/mol. The number of carboxylic acid groups (broad SMARTS) is 1. The number of hydrogen-bond acceptors (Lipinski definition) is 3. The summed E-state index contributed by atoms with van der Waals surface area (Å²) < 4.78 is 0. The molecule has 0 aromatic rings.